The Labute approximate surface area is 122 Å². The van der Waals surface area contributed by atoms with Crippen LogP contribution < -0.4 is 11.3 Å². The van der Waals surface area contributed by atoms with E-state index in [4.69, 9.17) is 5.84 Å². The van der Waals surface area contributed by atoms with Gasteiger partial charge < -0.3 is 0 Å². The number of hydrogen-bond acceptors (Lipinski definition) is 2. The minimum absolute atomic E-state index is 0.0436. The van der Waals surface area contributed by atoms with Gasteiger partial charge in [-0.25, -0.2) is 5.43 Å². The summed E-state index contributed by atoms with van der Waals surface area (Å²) in [6.07, 6.45) is 1.06. The second-order valence-corrected chi connectivity index (χ2v) is 5.52. The molecule has 2 nitrogen and oxygen atoms in total. The molecule has 0 radical (unpaired) electrons. The lowest BCUT2D eigenvalue weighted by Crippen LogP contribution is -2.28. The highest BCUT2D eigenvalue weighted by Gasteiger charge is 2.12. The van der Waals surface area contributed by atoms with Crippen molar-refractivity contribution in [3.05, 3.63) is 70.8 Å². The Morgan fingerprint density at radius 1 is 0.850 bits per heavy atom. The SMILES string of the molecule is CCc1ccc(C(NN)c2ccc(C(C)C)cc2)cc1. The highest BCUT2D eigenvalue weighted by Crippen LogP contribution is 2.24. The molecule has 0 amide bonds. The van der Waals surface area contributed by atoms with Gasteiger partial charge in [-0.15, -0.1) is 0 Å². The first-order valence-corrected chi connectivity index (χ1v) is 7.30. The van der Waals surface area contributed by atoms with Gasteiger partial charge in [-0.3, -0.25) is 5.84 Å². The van der Waals surface area contributed by atoms with Gasteiger partial charge in [0.1, 0.15) is 0 Å². The van der Waals surface area contributed by atoms with Crippen molar-refractivity contribution in [3.8, 4) is 0 Å². The van der Waals surface area contributed by atoms with Crippen molar-refractivity contribution in [2.75, 3.05) is 0 Å². The number of hydrogen-bond donors (Lipinski definition) is 2. The van der Waals surface area contributed by atoms with Crippen LogP contribution in [-0.4, -0.2) is 0 Å². The van der Waals surface area contributed by atoms with Gasteiger partial charge in [-0.1, -0.05) is 69.3 Å². The third kappa shape index (κ3) is 3.27. The third-order valence-electron chi connectivity index (χ3n) is 3.82. The van der Waals surface area contributed by atoms with E-state index in [1.807, 2.05) is 0 Å². The summed E-state index contributed by atoms with van der Waals surface area (Å²) in [5.41, 5.74) is 8.01. The molecule has 2 rings (SSSR count). The van der Waals surface area contributed by atoms with Crippen LogP contribution in [0.3, 0.4) is 0 Å². The fraction of sp³-hybridized carbons (Fsp3) is 0.333. The number of nitrogens with one attached hydrogen (secondary N) is 1. The van der Waals surface area contributed by atoms with Gasteiger partial charge in [0.2, 0.25) is 0 Å². The second kappa shape index (κ2) is 6.69. The van der Waals surface area contributed by atoms with Crippen molar-refractivity contribution in [1.29, 1.82) is 0 Å². The van der Waals surface area contributed by atoms with Gasteiger partial charge in [-0.05, 0) is 34.6 Å². The largest absolute Gasteiger partial charge is 0.271 e. The van der Waals surface area contributed by atoms with Crippen LogP contribution in [-0.2, 0) is 6.42 Å². The lowest BCUT2D eigenvalue weighted by molar-refractivity contribution is 0.636. The summed E-state index contributed by atoms with van der Waals surface area (Å²) in [5, 5.41) is 0. The molecule has 0 saturated heterocycles. The second-order valence-electron chi connectivity index (χ2n) is 5.52. The molecule has 0 heterocycles. The maximum absolute atomic E-state index is 5.76. The van der Waals surface area contributed by atoms with Crippen LogP contribution in [0.5, 0.6) is 0 Å². The van der Waals surface area contributed by atoms with Crippen molar-refractivity contribution >= 4 is 0 Å². The van der Waals surface area contributed by atoms with E-state index in [0.717, 1.165) is 6.42 Å². The predicted molar refractivity (Wildman–Crippen MR) is 85.5 cm³/mol. The van der Waals surface area contributed by atoms with E-state index in [1.165, 1.54) is 22.3 Å². The Morgan fingerprint density at radius 2 is 1.30 bits per heavy atom. The molecule has 0 saturated carbocycles. The number of hydrazine groups is 1. The van der Waals surface area contributed by atoms with E-state index < -0.39 is 0 Å². The molecule has 0 aromatic heterocycles. The Bertz CT molecular complexity index is 526. The molecular formula is C18H24N2. The van der Waals surface area contributed by atoms with Crippen LogP contribution in [0.1, 0.15) is 55.0 Å². The summed E-state index contributed by atoms with van der Waals surface area (Å²) in [6.45, 7) is 6.58. The Hall–Kier alpha value is -1.64. The van der Waals surface area contributed by atoms with E-state index in [-0.39, 0.29) is 6.04 Å². The normalized spacial score (nSPS) is 12.7. The van der Waals surface area contributed by atoms with Gasteiger partial charge in [0.25, 0.3) is 0 Å². The Morgan fingerprint density at radius 3 is 1.70 bits per heavy atom. The first kappa shape index (κ1) is 14.8. The lowest BCUT2D eigenvalue weighted by Gasteiger charge is -2.18. The zero-order chi connectivity index (χ0) is 14.5. The highest BCUT2D eigenvalue weighted by molar-refractivity contribution is 5.35. The standard InChI is InChI=1S/C18H24N2/c1-4-14-5-7-16(8-6-14)18(20-19)17-11-9-15(10-12-17)13(2)3/h5-13,18,20H,4,19H2,1-3H3. The molecule has 3 N–H and O–H groups in total. The lowest BCUT2D eigenvalue weighted by atomic mass is 9.95. The van der Waals surface area contributed by atoms with Gasteiger partial charge in [-0.2, -0.15) is 0 Å². The van der Waals surface area contributed by atoms with Crippen LogP contribution in [0, 0.1) is 0 Å². The molecule has 0 aliphatic rings. The molecule has 2 aromatic rings. The van der Waals surface area contributed by atoms with Crippen LogP contribution in [0.2, 0.25) is 0 Å². The van der Waals surface area contributed by atoms with E-state index in [2.05, 4.69) is 74.7 Å². The zero-order valence-electron chi connectivity index (χ0n) is 12.6. The van der Waals surface area contributed by atoms with Crippen LogP contribution in [0.4, 0.5) is 0 Å². The first-order valence-electron chi connectivity index (χ1n) is 7.30. The topological polar surface area (TPSA) is 38.0 Å². The molecule has 1 unspecified atom stereocenters. The number of aryl methyl sites for hydroxylation is 1. The molecule has 0 aliphatic carbocycles. The molecule has 20 heavy (non-hydrogen) atoms. The van der Waals surface area contributed by atoms with E-state index in [9.17, 15) is 0 Å². The van der Waals surface area contributed by atoms with Gasteiger partial charge in [0, 0.05) is 0 Å². The maximum atomic E-state index is 5.76. The van der Waals surface area contributed by atoms with Crippen molar-refractivity contribution in [1.82, 2.24) is 5.43 Å². The van der Waals surface area contributed by atoms with Crippen molar-refractivity contribution in [2.24, 2.45) is 5.84 Å². The molecule has 106 valence electrons. The van der Waals surface area contributed by atoms with Gasteiger partial charge in [0.05, 0.1) is 6.04 Å². The summed E-state index contributed by atoms with van der Waals surface area (Å²) in [7, 11) is 0. The predicted octanol–water partition coefficient (Wildman–Crippen LogP) is 3.93. The van der Waals surface area contributed by atoms with Gasteiger partial charge in [0.15, 0.2) is 0 Å². The quantitative estimate of drug-likeness (QED) is 0.637. The fourth-order valence-corrected chi connectivity index (χ4v) is 2.40. The molecule has 2 heteroatoms. The van der Waals surface area contributed by atoms with Crippen LogP contribution in [0.15, 0.2) is 48.5 Å². The van der Waals surface area contributed by atoms with Crippen molar-refractivity contribution < 1.29 is 0 Å². The average molecular weight is 268 g/mol. The average Bonchev–Trinajstić information content (AvgIpc) is 2.49. The van der Waals surface area contributed by atoms with Crippen molar-refractivity contribution in [2.45, 2.75) is 39.2 Å². The third-order valence-corrected chi connectivity index (χ3v) is 3.82. The number of benzene rings is 2. The molecular weight excluding hydrogens is 244 g/mol. The first-order chi connectivity index (χ1) is 9.65. The van der Waals surface area contributed by atoms with E-state index in [0.29, 0.717) is 5.92 Å². The maximum Gasteiger partial charge on any atom is 0.0710 e. The number of rotatable bonds is 5. The smallest absolute Gasteiger partial charge is 0.0710 e. The minimum atomic E-state index is 0.0436. The minimum Gasteiger partial charge on any atom is -0.271 e. The summed E-state index contributed by atoms with van der Waals surface area (Å²) in [5.74, 6) is 6.31. The van der Waals surface area contributed by atoms with Crippen LogP contribution >= 0.6 is 0 Å². The molecule has 0 bridgehead atoms. The van der Waals surface area contributed by atoms with Crippen LogP contribution in [0.25, 0.3) is 0 Å². The van der Waals surface area contributed by atoms with E-state index >= 15 is 0 Å². The molecule has 0 fully saturated rings. The van der Waals surface area contributed by atoms with Gasteiger partial charge >= 0.3 is 0 Å². The Balaban J connectivity index is 2.26. The highest BCUT2D eigenvalue weighted by atomic mass is 15.2. The zero-order valence-corrected chi connectivity index (χ0v) is 12.6. The Kier molecular flexibility index (Phi) is 4.94. The summed E-state index contributed by atoms with van der Waals surface area (Å²) in [4.78, 5) is 0. The van der Waals surface area contributed by atoms with Crippen molar-refractivity contribution in [3.63, 3.8) is 0 Å². The molecule has 2 aromatic carbocycles. The molecule has 0 aliphatic heterocycles. The van der Waals surface area contributed by atoms with E-state index in [1.54, 1.807) is 0 Å². The number of nitrogens with two attached hydrogens (primary N) is 1. The fourth-order valence-electron chi connectivity index (χ4n) is 2.40. The molecule has 0 spiro atoms. The summed E-state index contributed by atoms with van der Waals surface area (Å²) in [6, 6.07) is 17.4. The summed E-state index contributed by atoms with van der Waals surface area (Å²) >= 11 is 0. The molecule has 1 atom stereocenters. The monoisotopic (exact) mass is 268 g/mol. The summed E-state index contributed by atoms with van der Waals surface area (Å²) < 4.78 is 0.